The topological polar surface area (TPSA) is 146 Å². The highest BCUT2D eigenvalue weighted by molar-refractivity contribution is 6.03. The van der Waals surface area contributed by atoms with Gasteiger partial charge in [-0.2, -0.15) is 5.10 Å². The Morgan fingerprint density at radius 1 is 1.38 bits per heavy atom. The van der Waals surface area contributed by atoms with Gasteiger partial charge in [0.05, 0.1) is 18.5 Å². The molecule has 0 bridgehead atoms. The third-order valence-corrected chi connectivity index (χ3v) is 4.08. The molecular weight excluding hydrogens is 372 g/mol. The summed E-state index contributed by atoms with van der Waals surface area (Å²) in [6.07, 6.45) is 9.59. The van der Waals surface area contributed by atoms with E-state index in [2.05, 4.69) is 20.1 Å². The van der Waals surface area contributed by atoms with Gasteiger partial charge in [0.25, 0.3) is 5.91 Å². The lowest BCUT2D eigenvalue weighted by Gasteiger charge is -2.15. The summed E-state index contributed by atoms with van der Waals surface area (Å²) in [6, 6.07) is 8.56. The maximum Gasteiger partial charge on any atom is 0.265 e. The molecule has 10 nitrogen and oxygen atoms in total. The summed E-state index contributed by atoms with van der Waals surface area (Å²) >= 11 is 0. The number of aliphatic hydroxyl groups excluding tert-OH is 1. The molecule has 0 unspecified atom stereocenters. The second-order valence-electron chi connectivity index (χ2n) is 5.97. The van der Waals surface area contributed by atoms with Crippen molar-refractivity contribution in [2.75, 3.05) is 5.01 Å². The van der Waals surface area contributed by atoms with Gasteiger partial charge in [-0.15, -0.1) is 0 Å². The first-order chi connectivity index (χ1) is 14.1. The van der Waals surface area contributed by atoms with Crippen molar-refractivity contribution in [3.63, 3.8) is 0 Å². The first kappa shape index (κ1) is 19.8. The lowest BCUT2D eigenvalue weighted by atomic mass is 10.0. The van der Waals surface area contributed by atoms with Gasteiger partial charge in [0.2, 0.25) is 0 Å². The molecule has 0 spiro atoms. The smallest absolute Gasteiger partial charge is 0.265 e. The van der Waals surface area contributed by atoms with Crippen molar-refractivity contribution in [3.8, 4) is 11.1 Å². The Labute approximate surface area is 166 Å². The van der Waals surface area contributed by atoms with Gasteiger partial charge in [-0.1, -0.05) is 17.2 Å². The van der Waals surface area contributed by atoms with E-state index in [9.17, 15) is 9.90 Å². The van der Waals surface area contributed by atoms with E-state index >= 15 is 0 Å². The summed E-state index contributed by atoms with van der Waals surface area (Å²) in [7, 11) is 0. The summed E-state index contributed by atoms with van der Waals surface area (Å²) in [5.41, 5.74) is 11.8. The number of rotatable bonds is 7. The van der Waals surface area contributed by atoms with Gasteiger partial charge < -0.3 is 5.11 Å². The molecule has 10 heteroatoms. The van der Waals surface area contributed by atoms with Crippen LogP contribution in [0.15, 0.2) is 66.3 Å². The number of benzene rings is 1. The molecule has 0 saturated heterocycles. The molecule has 3 N–H and O–H groups in total. The molecule has 0 fully saturated rings. The van der Waals surface area contributed by atoms with E-state index in [1.165, 1.54) is 10.8 Å². The van der Waals surface area contributed by atoms with Crippen LogP contribution < -0.4 is 10.9 Å². The van der Waals surface area contributed by atoms with Gasteiger partial charge >= 0.3 is 0 Å². The molecule has 0 atom stereocenters. The Morgan fingerprint density at radius 2 is 2.24 bits per heavy atom. The highest BCUT2D eigenvalue weighted by atomic mass is 16.3. The van der Waals surface area contributed by atoms with Crippen molar-refractivity contribution in [2.45, 2.75) is 13.3 Å². The SMILES string of the molecule is [N-]=[N+]=NCn1cc(-c2ccncc2/C=C/C(=O)N(N)c2cccc(CO)c2)cn1. The van der Waals surface area contributed by atoms with E-state index in [1.807, 2.05) is 0 Å². The number of hydrogen-bond donors (Lipinski definition) is 2. The molecule has 146 valence electrons. The van der Waals surface area contributed by atoms with Crippen LogP contribution in [0, 0.1) is 0 Å². The minimum absolute atomic E-state index is 0.0836. The standard InChI is InChI=1S/C19H18N8O2/c20-25-23-13-26-11-16(10-24-26)18-6-7-22-9-15(18)4-5-19(29)27(21)17-3-1-2-14(8-17)12-28/h1-11,28H,12-13,21H2/b5-4+. The molecule has 0 radical (unpaired) electrons. The van der Waals surface area contributed by atoms with E-state index in [0.717, 1.165) is 16.1 Å². The highest BCUT2D eigenvalue weighted by Gasteiger charge is 2.10. The van der Waals surface area contributed by atoms with E-state index in [1.54, 1.807) is 61.2 Å². The first-order valence-corrected chi connectivity index (χ1v) is 8.56. The zero-order valence-electron chi connectivity index (χ0n) is 15.3. The number of carbonyl (C=O) groups excluding carboxylic acids is 1. The van der Waals surface area contributed by atoms with Crippen molar-refractivity contribution in [3.05, 3.63) is 82.8 Å². The van der Waals surface area contributed by atoms with Gasteiger partial charge in [0.15, 0.2) is 0 Å². The maximum absolute atomic E-state index is 12.5. The predicted octanol–water partition coefficient (Wildman–Crippen LogP) is 2.63. The van der Waals surface area contributed by atoms with Crippen LogP contribution in [0.5, 0.6) is 0 Å². The predicted molar refractivity (Wildman–Crippen MR) is 108 cm³/mol. The van der Waals surface area contributed by atoms with Gasteiger partial charge in [-0.3, -0.25) is 14.5 Å². The number of hydrogen-bond acceptors (Lipinski definition) is 6. The molecule has 2 aromatic heterocycles. The Balaban J connectivity index is 1.81. The van der Waals surface area contributed by atoms with Crippen molar-refractivity contribution >= 4 is 17.7 Å². The number of carbonyl (C=O) groups is 1. The fraction of sp³-hybridized carbons (Fsp3) is 0.105. The number of amides is 1. The van der Waals surface area contributed by atoms with Crippen molar-refractivity contribution in [2.24, 2.45) is 11.0 Å². The van der Waals surface area contributed by atoms with Gasteiger partial charge in [0.1, 0.15) is 6.67 Å². The second-order valence-corrected chi connectivity index (χ2v) is 5.97. The third-order valence-electron chi connectivity index (χ3n) is 4.08. The van der Waals surface area contributed by atoms with E-state index in [-0.39, 0.29) is 13.3 Å². The number of nitrogens with two attached hydrogens (primary N) is 1. The number of azide groups is 1. The van der Waals surface area contributed by atoms with Crippen LogP contribution in [0.3, 0.4) is 0 Å². The molecule has 1 aromatic carbocycles. The Morgan fingerprint density at radius 3 is 3.03 bits per heavy atom. The lowest BCUT2D eigenvalue weighted by Crippen LogP contribution is -2.36. The quantitative estimate of drug-likeness (QED) is 0.121. The van der Waals surface area contributed by atoms with Crippen LogP contribution in [0.4, 0.5) is 5.69 Å². The average molecular weight is 390 g/mol. The largest absolute Gasteiger partial charge is 0.392 e. The van der Waals surface area contributed by atoms with Crippen LogP contribution in [0.2, 0.25) is 0 Å². The normalized spacial score (nSPS) is 10.7. The van der Waals surface area contributed by atoms with Crippen LogP contribution >= 0.6 is 0 Å². The van der Waals surface area contributed by atoms with Crippen molar-refractivity contribution in [1.29, 1.82) is 0 Å². The van der Waals surface area contributed by atoms with Crippen LogP contribution in [-0.2, 0) is 18.1 Å². The Hall–Kier alpha value is -3.98. The lowest BCUT2D eigenvalue weighted by molar-refractivity contribution is -0.114. The zero-order valence-corrected chi connectivity index (χ0v) is 15.3. The summed E-state index contributed by atoms with van der Waals surface area (Å²) in [5.74, 6) is 5.47. The number of aromatic nitrogens is 3. The van der Waals surface area contributed by atoms with E-state index < -0.39 is 5.91 Å². The Bertz CT molecular complexity index is 1090. The summed E-state index contributed by atoms with van der Waals surface area (Å²) < 4.78 is 1.50. The molecule has 29 heavy (non-hydrogen) atoms. The Kier molecular flexibility index (Phi) is 6.33. The van der Waals surface area contributed by atoms with E-state index in [4.69, 9.17) is 11.4 Å². The van der Waals surface area contributed by atoms with E-state index in [0.29, 0.717) is 16.8 Å². The molecule has 0 saturated carbocycles. The monoisotopic (exact) mass is 390 g/mol. The second kappa shape index (κ2) is 9.29. The maximum atomic E-state index is 12.5. The van der Waals surface area contributed by atoms with Crippen molar-refractivity contribution in [1.82, 2.24) is 14.8 Å². The van der Waals surface area contributed by atoms with Gasteiger partial charge in [0, 0.05) is 40.7 Å². The minimum Gasteiger partial charge on any atom is -0.392 e. The third kappa shape index (κ3) is 4.85. The van der Waals surface area contributed by atoms with Crippen LogP contribution in [0.1, 0.15) is 11.1 Å². The molecule has 3 aromatic rings. The fourth-order valence-electron chi connectivity index (χ4n) is 2.65. The summed E-state index contributed by atoms with van der Waals surface area (Å²) in [6.45, 7) is -0.0571. The summed E-state index contributed by atoms with van der Waals surface area (Å²) in [5, 5.41) is 17.8. The number of hydrazine groups is 1. The van der Waals surface area contributed by atoms with Gasteiger partial charge in [-0.05, 0) is 40.9 Å². The number of anilines is 1. The summed E-state index contributed by atoms with van der Waals surface area (Å²) in [4.78, 5) is 19.3. The zero-order chi connectivity index (χ0) is 20.6. The van der Waals surface area contributed by atoms with Crippen LogP contribution in [0.25, 0.3) is 27.6 Å². The molecule has 3 rings (SSSR count). The molecule has 2 heterocycles. The molecule has 0 aliphatic heterocycles. The first-order valence-electron chi connectivity index (χ1n) is 8.56. The molecule has 1 amide bonds. The minimum atomic E-state index is -0.436. The average Bonchev–Trinajstić information content (AvgIpc) is 3.24. The van der Waals surface area contributed by atoms with Gasteiger partial charge in [-0.25, -0.2) is 10.9 Å². The number of pyridine rings is 1. The molecule has 0 aliphatic carbocycles. The molecular formula is C19H18N8O2. The fourth-order valence-corrected chi connectivity index (χ4v) is 2.65. The number of aliphatic hydroxyl groups is 1. The van der Waals surface area contributed by atoms with Crippen LogP contribution in [-0.4, -0.2) is 25.8 Å². The number of nitrogens with zero attached hydrogens (tertiary/aromatic N) is 7. The highest BCUT2D eigenvalue weighted by Crippen LogP contribution is 2.24. The molecule has 0 aliphatic rings. The van der Waals surface area contributed by atoms with Crippen molar-refractivity contribution < 1.29 is 9.90 Å².